The van der Waals surface area contributed by atoms with Gasteiger partial charge in [0.05, 0.1) is 4.91 Å². The molecule has 4 rings (SSSR count). The zero-order valence-corrected chi connectivity index (χ0v) is 23.4. The molecule has 1 aliphatic heterocycles. The summed E-state index contributed by atoms with van der Waals surface area (Å²) in [4.78, 5) is 38.4. The Bertz CT molecular complexity index is 1410. The van der Waals surface area contributed by atoms with Crippen LogP contribution in [0.15, 0.2) is 83.8 Å². The molecule has 0 spiro atoms. The molecule has 10 heteroatoms. The number of benzene rings is 3. The van der Waals surface area contributed by atoms with E-state index >= 15 is 0 Å². The fraction of sp³-hybridized carbons (Fsp3) is 0.200. The van der Waals surface area contributed by atoms with Crippen LogP contribution < -0.4 is 14.8 Å². The molecule has 0 aliphatic carbocycles. The van der Waals surface area contributed by atoms with Crippen LogP contribution in [-0.4, -0.2) is 45.2 Å². The van der Waals surface area contributed by atoms with Gasteiger partial charge in [-0.25, -0.2) is 0 Å². The second kappa shape index (κ2) is 13.8. The van der Waals surface area contributed by atoms with Crippen LogP contribution in [0.5, 0.6) is 11.5 Å². The number of carbonyl (C=O) groups is 3. The first kappa shape index (κ1) is 28.8. The Hall–Kier alpha value is -4.15. The van der Waals surface area contributed by atoms with Crippen LogP contribution in [-0.2, 0) is 21.0 Å². The van der Waals surface area contributed by atoms with Crippen molar-refractivity contribution in [3.8, 4) is 11.5 Å². The van der Waals surface area contributed by atoms with Gasteiger partial charge in [0, 0.05) is 12.1 Å². The van der Waals surface area contributed by atoms with Crippen molar-refractivity contribution < 1.29 is 29.0 Å². The van der Waals surface area contributed by atoms with E-state index in [2.05, 4.69) is 5.32 Å². The molecule has 1 saturated heterocycles. The lowest BCUT2D eigenvalue weighted by Gasteiger charge is -2.21. The van der Waals surface area contributed by atoms with Crippen LogP contribution in [0.2, 0.25) is 0 Å². The van der Waals surface area contributed by atoms with Crippen molar-refractivity contribution in [2.75, 3.05) is 13.1 Å². The first-order valence-corrected chi connectivity index (χ1v) is 13.9. The van der Waals surface area contributed by atoms with Gasteiger partial charge >= 0.3 is 5.97 Å². The third kappa shape index (κ3) is 7.49. The summed E-state index contributed by atoms with van der Waals surface area (Å²) in [5.74, 6) is -1.19. The minimum atomic E-state index is -1.15. The minimum Gasteiger partial charge on any atom is -0.485 e. The van der Waals surface area contributed by atoms with Gasteiger partial charge in [-0.05, 0) is 35.8 Å². The quantitative estimate of drug-likeness (QED) is 0.224. The number of carboxylic acid groups (broad SMARTS) is 1. The molecule has 2 N–H and O–H groups in total. The first-order chi connectivity index (χ1) is 19.4. The van der Waals surface area contributed by atoms with E-state index in [0.29, 0.717) is 29.2 Å². The number of amides is 2. The molecule has 40 heavy (non-hydrogen) atoms. The Balaban J connectivity index is 1.68. The third-order valence-corrected chi connectivity index (χ3v) is 7.18. The van der Waals surface area contributed by atoms with E-state index in [0.717, 1.165) is 28.6 Å². The third-order valence-electron chi connectivity index (χ3n) is 5.80. The predicted octanol–water partition coefficient (Wildman–Crippen LogP) is 5.20. The number of nitrogens with zero attached hydrogens (tertiary/aromatic N) is 1. The topological polar surface area (TPSA) is 105 Å². The predicted molar refractivity (Wildman–Crippen MR) is 158 cm³/mol. The van der Waals surface area contributed by atoms with Crippen LogP contribution in [0, 0.1) is 0 Å². The van der Waals surface area contributed by atoms with Gasteiger partial charge in [0.25, 0.3) is 11.8 Å². The maximum atomic E-state index is 13.2. The highest BCUT2D eigenvalue weighted by molar-refractivity contribution is 8.26. The SMILES string of the molecule is CCCNC(=O)C(Oc1cc(/C=C2\SC(=S)N(CC(=O)O)C2=O)ccc1OCc1ccccc1)c1ccccc1. The molecule has 3 aromatic rings. The lowest BCUT2D eigenvalue weighted by Crippen LogP contribution is -2.33. The van der Waals surface area contributed by atoms with E-state index in [1.165, 1.54) is 0 Å². The van der Waals surface area contributed by atoms with Crippen molar-refractivity contribution in [2.45, 2.75) is 26.1 Å². The van der Waals surface area contributed by atoms with Crippen molar-refractivity contribution in [1.29, 1.82) is 0 Å². The Kier molecular flexibility index (Phi) is 9.93. The number of ether oxygens (including phenoxy) is 2. The van der Waals surface area contributed by atoms with Gasteiger partial charge in [-0.3, -0.25) is 19.3 Å². The van der Waals surface area contributed by atoms with Crippen molar-refractivity contribution in [3.63, 3.8) is 0 Å². The summed E-state index contributed by atoms with van der Waals surface area (Å²) in [5.41, 5.74) is 2.23. The maximum Gasteiger partial charge on any atom is 0.323 e. The average Bonchev–Trinajstić information content (AvgIpc) is 3.21. The second-order valence-electron chi connectivity index (χ2n) is 8.84. The van der Waals surface area contributed by atoms with E-state index in [1.54, 1.807) is 24.3 Å². The number of carboxylic acids is 1. The fourth-order valence-electron chi connectivity index (χ4n) is 3.85. The molecule has 2 amide bonds. The van der Waals surface area contributed by atoms with E-state index in [-0.39, 0.29) is 21.7 Å². The summed E-state index contributed by atoms with van der Waals surface area (Å²) in [6, 6.07) is 24.0. The standard InChI is InChI=1S/C30H28N2O6S2/c1-2-15-31-28(35)27(22-11-7-4-8-12-22)38-24-16-21(13-14-23(24)37-19-20-9-5-3-6-10-20)17-25-29(36)32(18-26(33)34)30(39)40-25/h3-14,16-17,27H,2,15,18-19H2,1H3,(H,31,35)(H,33,34)/b25-17-. The number of nitrogens with one attached hydrogen (secondary N) is 1. The van der Waals surface area contributed by atoms with Gasteiger partial charge in [-0.2, -0.15) is 0 Å². The van der Waals surface area contributed by atoms with Crippen LogP contribution in [0.1, 0.15) is 36.1 Å². The van der Waals surface area contributed by atoms with Gasteiger partial charge in [-0.15, -0.1) is 0 Å². The van der Waals surface area contributed by atoms with E-state index < -0.39 is 24.5 Å². The number of thiocarbonyl (C=S) groups is 1. The normalized spacial score (nSPS) is 14.7. The highest BCUT2D eigenvalue weighted by atomic mass is 32.2. The highest BCUT2D eigenvalue weighted by Crippen LogP contribution is 2.37. The minimum absolute atomic E-state index is 0.176. The Morgan fingerprint density at radius 2 is 1.75 bits per heavy atom. The van der Waals surface area contributed by atoms with Crippen LogP contribution in [0.4, 0.5) is 0 Å². The summed E-state index contributed by atoms with van der Waals surface area (Å²) in [5, 5.41) is 12.0. The van der Waals surface area contributed by atoms with Gasteiger partial charge < -0.3 is 19.9 Å². The van der Waals surface area contributed by atoms with Gasteiger partial charge in [-0.1, -0.05) is 97.6 Å². The van der Waals surface area contributed by atoms with E-state index in [4.69, 9.17) is 26.8 Å². The molecule has 0 radical (unpaired) electrons. The lowest BCUT2D eigenvalue weighted by molar-refractivity contribution is -0.140. The lowest BCUT2D eigenvalue weighted by atomic mass is 10.1. The average molecular weight is 577 g/mol. The Labute approximate surface area is 242 Å². The van der Waals surface area contributed by atoms with Crippen LogP contribution >= 0.6 is 24.0 Å². The van der Waals surface area contributed by atoms with E-state index in [9.17, 15) is 14.4 Å². The molecule has 0 aromatic heterocycles. The number of hydrogen-bond acceptors (Lipinski definition) is 7. The molecule has 0 saturated carbocycles. The van der Waals surface area contributed by atoms with Gasteiger partial charge in [0.2, 0.25) is 6.10 Å². The van der Waals surface area contributed by atoms with Crippen molar-refractivity contribution in [3.05, 3.63) is 100 Å². The molecule has 1 aliphatic rings. The molecule has 206 valence electrons. The smallest absolute Gasteiger partial charge is 0.323 e. The fourth-order valence-corrected chi connectivity index (χ4v) is 5.11. The van der Waals surface area contributed by atoms with Crippen molar-refractivity contribution in [2.24, 2.45) is 0 Å². The summed E-state index contributed by atoms with van der Waals surface area (Å²) in [6.07, 6.45) is 1.44. The molecule has 1 fully saturated rings. The van der Waals surface area contributed by atoms with Crippen molar-refractivity contribution >= 4 is 52.2 Å². The number of thioether (sulfide) groups is 1. The summed E-state index contributed by atoms with van der Waals surface area (Å²) < 4.78 is 12.6. The Morgan fingerprint density at radius 3 is 2.42 bits per heavy atom. The molecular formula is C30H28N2O6S2. The highest BCUT2D eigenvalue weighted by Gasteiger charge is 2.33. The van der Waals surface area contributed by atoms with Gasteiger partial charge in [0.1, 0.15) is 17.5 Å². The molecule has 8 nitrogen and oxygen atoms in total. The summed E-state index contributed by atoms with van der Waals surface area (Å²) in [6.45, 7) is 2.24. The number of carbonyl (C=O) groups excluding carboxylic acids is 2. The molecule has 3 aromatic carbocycles. The molecular weight excluding hydrogens is 548 g/mol. The first-order valence-electron chi connectivity index (χ1n) is 12.6. The summed E-state index contributed by atoms with van der Waals surface area (Å²) >= 11 is 6.24. The molecule has 1 unspecified atom stereocenters. The van der Waals surface area contributed by atoms with Gasteiger partial charge in [0.15, 0.2) is 11.5 Å². The number of aliphatic carboxylic acids is 1. The largest absolute Gasteiger partial charge is 0.485 e. The maximum absolute atomic E-state index is 13.2. The van der Waals surface area contributed by atoms with Crippen LogP contribution in [0.25, 0.3) is 6.08 Å². The molecule has 0 bridgehead atoms. The monoisotopic (exact) mass is 576 g/mol. The zero-order chi connectivity index (χ0) is 28.5. The second-order valence-corrected chi connectivity index (χ2v) is 10.5. The number of hydrogen-bond donors (Lipinski definition) is 2. The van der Waals surface area contributed by atoms with Crippen molar-refractivity contribution in [1.82, 2.24) is 10.2 Å². The van der Waals surface area contributed by atoms with Crippen LogP contribution in [0.3, 0.4) is 0 Å². The Morgan fingerprint density at radius 1 is 1.05 bits per heavy atom. The number of rotatable bonds is 12. The van der Waals surface area contributed by atoms with E-state index in [1.807, 2.05) is 67.6 Å². The molecule has 1 atom stereocenters. The molecule has 1 heterocycles. The zero-order valence-electron chi connectivity index (χ0n) is 21.7. The summed E-state index contributed by atoms with van der Waals surface area (Å²) in [7, 11) is 0.